The van der Waals surface area contributed by atoms with Crippen LogP contribution in [0.3, 0.4) is 0 Å². The van der Waals surface area contributed by atoms with Gasteiger partial charge in [-0.1, -0.05) is 50.3 Å². The molecule has 159 valence electrons. The SMILES string of the molecule is O=C(CCC1CCCCC1)N[Si](CO)CCC(=O)N1CCOc2ccccc2C1. The predicted octanol–water partition coefficient (Wildman–Crippen LogP) is 2.80. The van der Waals surface area contributed by atoms with Crippen LogP contribution in [-0.4, -0.2) is 50.2 Å². The Hall–Kier alpha value is -1.86. The molecule has 29 heavy (non-hydrogen) atoms. The van der Waals surface area contributed by atoms with Gasteiger partial charge in [-0.3, -0.25) is 9.59 Å². The number of benzene rings is 1. The fourth-order valence-corrected chi connectivity index (χ4v) is 5.60. The van der Waals surface area contributed by atoms with Gasteiger partial charge in [-0.05, 0) is 24.4 Å². The van der Waals surface area contributed by atoms with Crippen molar-refractivity contribution < 1.29 is 19.4 Å². The van der Waals surface area contributed by atoms with Crippen molar-refractivity contribution in [3.8, 4) is 5.75 Å². The maximum atomic E-state index is 12.7. The number of amides is 2. The second-order valence-electron chi connectivity index (χ2n) is 8.12. The fourth-order valence-electron chi connectivity index (χ4n) is 4.21. The van der Waals surface area contributed by atoms with E-state index in [4.69, 9.17) is 4.74 Å². The van der Waals surface area contributed by atoms with Crippen LogP contribution in [0.1, 0.15) is 56.9 Å². The molecule has 2 aliphatic rings. The smallest absolute Gasteiger partial charge is 0.222 e. The summed E-state index contributed by atoms with van der Waals surface area (Å²) >= 11 is 0. The molecule has 0 aromatic heterocycles. The predicted molar refractivity (Wildman–Crippen MR) is 114 cm³/mol. The molecular weight excluding hydrogens is 384 g/mol. The van der Waals surface area contributed by atoms with E-state index in [-0.39, 0.29) is 18.0 Å². The summed E-state index contributed by atoms with van der Waals surface area (Å²) in [6, 6.07) is 8.35. The minimum Gasteiger partial charge on any atom is -0.491 e. The number of rotatable bonds is 8. The Labute approximate surface area is 175 Å². The van der Waals surface area contributed by atoms with Gasteiger partial charge in [0, 0.05) is 24.9 Å². The Balaban J connectivity index is 1.41. The van der Waals surface area contributed by atoms with Crippen molar-refractivity contribution >= 4 is 20.8 Å². The molecule has 2 amide bonds. The van der Waals surface area contributed by atoms with Gasteiger partial charge in [0.15, 0.2) is 8.96 Å². The van der Waals surface area contributed by atoms with Gasteiger partial charge in [0.1, 0.15) is 12.4 Å². The first-order chi connectivity index (χ1) is 14.2. The van der Waals surface area contributed by atoms with E-state index in [1.807, 2.05) is 29.2 Å². The highest BCUT2D eigenvalue weighted by Gasteiger charge is 2.23. The van der Waals surface area contributed by atoms with Crippen LogP contribution in [0.5, 0.6) is 5.75 Å². The Morgan fingerprint density at radius 2 is 1.97 bits per heavy atom. The van der Waals surface area contributed by atoms with E-state index in [1.54, 1.807) is 0 Å². The maximum absolute atomic E-state index is 12.7. The van der Waals surface area contributed by atoms with Gasteiger partial charge in [0.05, 0.1) is 12.8 Å². The highest BCUT2D eigenvalue weighted by molar-refractivity contribution is 6.59. The number of hydrogen-bond acceptors (Lipinski definition) is 4. The highest BCUT2D eigenvalue weighted by atomic mass is 28.3. The molecule has 3 rings (SSSR count). The van der Waals surface area contributed by atoms with Crippen molar-refractivity contribution in [2.75, 3.05) is 19.4 Å². The standard InChI is InChI=1S/C22H33N2O4Si/c25-17-29(23-21(26)11-10-18-6-2-1-3-7-18)15-12-22(27)24-13-14-28-20-9-5-4-8-19(20)16-24/h4-5,8-9,18,25H,1-3,6-7,10-17H2,(H,23,26). The number of nitrogens with zero attached hydrogens (tertiary/aromatic N) is 1. The van der Waals surface area contributed by atoms with Gasteiger partial charge in [-0.15, -0.1) is 0 Å². The molecule has 1 heterocycles. The summed E-state index contributed by atoms with van der Waals surface area (Å²) in [5.41, 5.74) is 1.02. The van der Waals surface area contributed by atoms with E-state index in [2.05, 4.69) is 4.98 Å². The van der Waals surface area contributed by atoms with Gasteiger partial charge in [-0.2, -0.15) is 0 Å². The lowest BCUT2D eigenvalue weighted by atomic mass is 9.86. The normalized spacial score (nSPS) is 17.4. The van der Waals surface area contributed by atoms with E-state index >= 15 is 0 Å². The third-order valence-corrected chi connectivity index (χ3v) is 7.83. The van der Waals surface area contributed by atoms with Crippen molar-refractivity contribution in [3.05, 3.63) is 29.8 Å². The average molecular weight is 418 g/mol. The second-order valence-corrected chi connectivity index (χ2v) is 10.4. The second kappa shape index (κ2) is 11.4. The zero-order valence-electron chi connectivity index (χ0n) is 17.2. The molecule has 0 spiro atoms. The number of aliphatic hydroxyl groups excluding tert-OH is 1. The van der Waals surface area contributed by atoms with Gasteiger partial charge < -0.3 is 19.7 Å². The lowest BCUT2D eigenvalue weighted by molar-refractivity contribution is -0.131. The van der Waals surface area contributed by atoms with Crippen molar-refractivity contribution in [3.63, 3.8) is 0 Å². The van der Waals surface area contributed by atoms with E-state index in [9.17, 15) is 14.7 Å². The summed E-state index contributed by atoms with van der Waals surface area (Å²) in [5, 5.41) is 9.68. The van der Waals surface area contributed by atoms with Crippen molar-refractivity contribution in [1.82, 2.24) is 9.88 Å². The average Bonchev–Trinajstić information content (AvgIpc) is 2.98. The molecule has 0 atom stereocenters. The molecular formula is C22H33N2O4Si. The van der Waals surface area contributed by atoms with E-state index in [1.165, 1.54) is 32.1 Å². The van der Waals surface area contributed by atoms with Crippen LogP contribution in [0.25, 0.3) is 0 Å². The largest absolute Gasteiger partial charge is 0.491 e. The number of fused-ring (bicyclic) bond motifs is 1. The lowest BCUT2D eigenvalue weighted by Crippen LogP contribution is -2.43. The van der Waals surface area contributed by atoms with Crippen LogP contribution < -0.4 is 9.72 Å². The van der Waals surface area contributed by atoms with Gasteiger partial charge in [-0.25, -0.2) is 0 Å². The number of nitrogens with one attached hydrogen (secondary N) is 1. The quantitative estimate of drug-likeness (QED) is 0.638. The molecule has 1 aliphatic heterocycles. The van der Waals surface area contributed by atoms with Crippen LogP contribution in [0.4, 0.5) is 0 Å². The highest BCUT2D eigenvalue weighted by Crippen LogP contribution is 2.27. The maximum Gasteiger partial charge on any atom is 0.222 e. The molecule has 0 unspecified atom stereocenters. The molecule has 1 aromatic carbocycles. The summed E-state index contributed by atoms with van der Waals surface area (Å²) < 4.78 is 5.72. The van der Waals surface area contributed by atoms with Crippen LogP contribution in [0.15, 0.2) is 24.3 Å². The zero-order chi connectivity index (χ0) is 20.5. The van der Waals surface area contributed by atoms with Crippen LogP contribution in [0.2, 0.25) is 6.04 Å². The number of carbonyl (C=O) groups is 2. The molecule has 1 aromatic rings. The summed E-state index contributed by atoms with van der Waals surface area (Å²) in [6.45, 7) is 1.59. The van der Waals surface area contributed by atoms with Crippen LogP contribution in [0, 0.1) is 5.92 Å². The Morgan fingerprint density at radius 1 is 1.17 bits per heavy atom. The lowest BCUT2D eigenvalue weighted by Gasteiger charge is -2.22. The summed E-state index contributed by atoms with van der Waals surface area (Å²) in [5.74, 6) is 1.60. The van der Waals surface area contributed by atoms with Crippen LogP contribution >= 0.6 is 0 Å². The van der Waals surface area contributed by atoms with Crippen molar-refractivity contribution in [2.24, 2.45) is 5.92 Å². The summed E-state index contributed by atoms with van der Waals surface area (Å²) in [4.78, 5) is 29.8. The number of hydrogen-bond donors (Lipinski definition) is 2. The van der Waals surface area contributed by atoms with Crippen LogP contribution in [-0.2, 0) is 16.1 Å². The molecule has 0 bridgehead atoms. The molecule has 0 saturated heterocycles. The molecule has 1 radical (unpaired) electrons. The Kier molecular flexibility index (Phi) is 8.55. The third kappa shape index (κ3) is 6.85. The summed E-state index contributed by atoms with van der Waals surface area (Å²) in [6.07, 6.45) is 8.15. The van der Waals surface area contributed by atoms with Crippen molar-refractivity contribution in [2.45, 2.75) is 64.0 Å². The first-order valence-corrected chi connectivity index (χ1v) is 12.8. The monoisotopic (exact) mass is 417 g/mol. The number of para-hydroxylation sites is 1. The van der Waals surface area contributed by atoms with E-state index < -0.39 is 8.96 Å². The number of carbonyl (C=O) groups excluding carboxylic acids is 2. The van der Waals surface area contributed by atoms with E-state index in [0.717, 1.165) is 17.7 Å². The van der Waals surface area contributed by atoms with Gasteiger partial charge in [0.2, 0.25) is 11.8 Å². The molecule has 2 N–H and O–H groups in total. The number of ether oxygens (including phenoxy) is 1. The third-order valence-electron chi connectivity index (χ3n) is 5.96. The fraction of sp³-hybridized carbons (Fsp3) is 0.636. The zero-order valence-corrected chi connectivity index (χ0v) is 18.2. The summed E-state index contributed by atoms with van der Waals surface area (Å²) in [7, 11) is -1.46. The van der Waals surface area contributed by atoms with E-state index in [0.29, 0.717) is 44.5 Å². The topological polar surface area (TPSA) is 78.9 Å². The molecule has 6 nitrogen and oxygen atoms in total. The first kappa shape index (κ1) is 21.8. The minimum atomic E-state index is -1.46. The Bertz CT molecular complexity index is 679. The van der Waals surface area contributed by atoms with Crippen molar-refractivity contribution in [1.29, 1.82) is 0 Å². The minimum absolute atomic E-state index is 0.0306. The molecule has 7 heteroatoms. The Morgan fingerprint density at radius 3 is 2.76 bits per heavy atom. The molecule has 1 saturated carbocycles. The molecule has 1 fully saturated rings. The molecule has 1 aliphatic carbocycles. The van der Waals surface area contributed by atoms with Gasteiger partial charge >= 0.3 is 0 Å². The number of aliphatic hydroxyl groups is 1. The first-order valence-electron chi connectivity index (χ1n) is 10.9. The van der Waals surface area contributed by atoms with Gasteiger partial charge in [0.25, 0.3) is 0 Å².